The Hall–Kier alpha value is -2.24. The summed E-state index contributed by atoms with van der Waals surface area (Å²) in [6, 6.07) is 11.9. The van der Waals surface area contributed by atoms with Gasteiger partial charge in [-0.15, -0.1) is 11.3 Å². The molecule has 5 rings (SSSR count). The van der Waals surface area contributed by atoms with Gasteiger partial charge in [-0.1, -0.05) is 37.5 Å². The maximum absolute atomic E-state index is 13.3. The van der Waals surface area contributed by atoms with Crippen molar-refractivity contribution in [2.75, 3.05) is 11.4 Å². The first kappa shape index (κ1) is 19.7. The first-order valence-corrected chi connectivity index (χ1v) is 11.8. The third-order valence-electron chi connectivity index (χ3n) is 6.52. The van der Waals surface area contributed by atoms with Gasteiger partial charge in [0.1, 0.15) is 0 Å². The molecule has 30 heavy (non-hydrogen) atoms. The van der Waals surface area contributed by atoms with Crippen molar-refractivity contribution in [1.82, 2.24) is 4.98 Å². The van der Waals surface area contributed by atoms with Crippen molar-refractivity contribution in [3.8, 4) is 0 Å². The van der Waals surface area contributed by atoms with E-state index in [4.69, 9.17) is 4.98 Å². The number of thiazole rings is 1. The third-order valence-corrected chi connectivity index (χ3v) is 7.71. The van der Waals surface area contributed by atoms with Gasteiger partial charge >= 0.3 is 0 Å². The van der Waals surface area contributed by atoms with Crippen LogP contribution in [0.4, 0.5) is 5.69 Å². The lowest BCUT2D eigenvalue weighted by atomic mass is 9.90. The van der Waals surface area contributed by atoms with Crippen molar-refractivity contribution >= 4 is 33.1 Å². The number of hydrogen-bond acceptors (Lipinski definition) is 4. The average Bonchev–Trinajstić information content (AvgIpc) is 3.17. The molecule has 4 nitrogen and oxygen atoms in total. The molecule has 2 aliphatic rings. The molecule has 2 aromatic carbocycles. The zero-order valence-corrected chi connectivity index (χ0v) is 18.5. The highest BCUT2D eigenvalue weighted by atomic mass is 32.1. The Bertz CT molecular complexity index is 1110. The summed E-state index contributed by atoms with van der Waals surface area (Å²) >= 11 is 1.76. The number of anilines is 1. The molecule has 1 N–H and O–H groups in total. The number of nitrogens with zero attached hydrogens (tertiary/aromatic N) is 2. The fraction of sp³-hybridized carbons (Fsp3) is 0.440. The molecule has 1 aromatic heterocycles. The minimum Gasteiger partial charge on any atom is -0.386 e. The van der Waals surface area contributed by atoms with Crippen LogP contribution in [0, 0.1) is 0 Å². The molecule has 1 saturated carbocycles. The van der Waals surface area contributed by atoms with E-state index in [1.54, 1.807) is 25.2 Å². The quantitative estimate of drug-likeness (QED) is 0.585. The fourth-order valence-corrected chi connectivity index (χ4v) is 6.03. The van der Waals surface area contributed by atoms with Gasteiger partial charge in [-0.25, -0.2) is 4.98 Å². The lowest BCUT2D eigenvalue weighted by Crippen LogP contribution is -2.39. The number of carbonyl (C=O) groups excluding carboxylic acids is 1. The van der Waals surface area contributed by atoms with Gasteiger partial charge < -0.3 is 10.0 Å². The second-order valence-corrected chi connectivity index (χ2v) is 10.2. The van der Waals surface area contributed by atoms with Crippen LogP contribution in [0.2, 0.25) is 0 Å². The summed E-state index contributed by atoms with van der Waals surface area (Å²) in [6.45, 7) is 4.20. The summed E-state index contributed by atoms with van der Waals surface area (Å²) in [6.07, 6.45) is 7.14. The topological polar surface area (TPSA) is 53.4 Å². The SMILES string of the molecule is CC(C)(O)c1cc2nc(C3CCCCC3)sc2cc1N1CCc2ccccc2C1=O. The average molecular weight is 421 g/mol. The van der Waals surface area contributed by atoms with Crippen LogP contribution in [0.1, 0.15) is 78.4 Å². The number of hydrogen-bond donors (Lipinski definition) is 1. The molecular formula is C25H28N2O2S. The molecule has 2 heterocycles. The van der Waals surface area contributed by atoms with Gasteiger partial charge in [0.2, 0.25) is 0 Å². The highest BCUT2D eigenvalue weighted by Gasteiger charge is 2.31. The Morgan fingerprint density at radius 3 is 2.67 bits per heavy atom. The van der Waals surface area contributed by atoms with Crippen LogP contribution < -0.4 is 4.90 Å². The van der Waals surface area contributed by atoms with Gasteiger partial charge in [0.05, 0.1) is 26.5 Å². The smallest absolute Gasteiger partial charge is 0.258 e. The highest BCUT2D eigenvalue weighted by molar-refractivity contribution is 7.18. The first-order chi connectivity index (χ1) is 14.4. The predicted molar refractivity (Wildman–Crippen MR) is 123 cm³/mol. The zero-order chi connectivity index (χ0) is 20.9. The van der Waals surface area contributed by atoms with Crippen LogP contribution in [-0.2, 0) is 12.0 Å². The van der Waals surface area contributed by atoms with E-state index in [2.05, 4.69) is 6.07 Å². The van der Waals surface area contributed by atoms with Gasteiger partial charge in [-0.2, -0.15) is 0 Å². The fourth-order valence-electron chi connectivity index (χ4n) is 4.87. The Balaban J connectivity index is 1.60. The molecule has 156 valence electrons. The molecule has 3 aromatic rings. The normalized spacial score (nSPS) is 18.1. The lowest BCUT2D eigenvalue weighted by Gasteiger charge is -2.33. The van der Waals surface area contributed by atoms with Gasteiger partial charge in [0.15, 0.2) is 0 Å². The van der Waals surface area contributed by atoms with Crippen molar-refractivity contribution < 1.29 is 9.90 Å². The van der Waals surface area contributed by atoms with E-state index in [0.29, 0.717) is 12.5 Å². The monoisotopic (exact) mass is 420 g/mol. The van der Waals surface area contributed by atoms with Crippen LogP contribution in [0.5, 0.6) is 0 Å². The standard InChI is InChI=1S/C25H28N2O2S/c1-25(2,29)19-14-20-22(30-23(26-20)17-9-4-3-5-10-17)15-21(19)27-13-12-16-8-6-7-11-18(16)24(27)28/h6-8,11,14-15,17,29H,3-5,9-10,12-13H2,1-2H3. The first-order valence-electron chi connectivity index (χ1n) is 11.0. The van der Waals surface area contributed by atoms with Crippen LogP contribution in [0.25, 0.3) is 10.2 Å². The maximum atomic E-state index is 13.3. The number of aliphatic hydroxyl groups is 1. The molecule has 0 unspecified atom stereocenters. The third kappa shape index (κ3) is 3.44. The Labute approximate surface area is 181 Å². The zero-order valence-electron chi connectivity index (χ0n) is 17.6. The van der Waals surface area contributed by atoms with E-state index in [9.17, 15) is 9.90 Å². The largest absolute Gasteiger partial charge is 0.386 e. The van der Waals surface area contributed by atoms with E-state index < -0.39 is 5.60 Å². The highest BCUT2D eigenvalue weighted by Crippen LogP contribution is 2.41. The van der Waals surface area contributed by atoms with Crippen molar-refractivity contribution in [3.05, 3.63) is 58.1 Å². The summed E-state index contributed by atoms with van der Waals surface area (Å²) in [5.41, 5.74) is 3.32. The van der Waals surface area contributed by atoms with Crippen LogP contribution >= 0.6 is 11.3 Å². The van der Waals surface area contributed by atoms with E-state index >= 15 is 0 Å². The molecular weight excluding hydrogens is 392 g/mol. The van der Waals surface area contributed by atoms with Crippen molar-refractivity contribution in [3.63, 3.8) is 0 Å². The number of aromatic nitrogens is 1. The number of fused-ring (bicyclic) bond motifs is 2. The summed E-state index contributed by atoms with van der Waals surface area (Å²) < 4.78 is 1.10. The second-order valence-electron chi connectivity index (χ2n) is 9.15. The molecule has 0 atom stereocenters. The summed E-state index contributed by atoms with van der Waals surface area (Å²) in [4.78, 5) is 20.1. The molecule has 5 heteroatoms. The minimum absolute atomic E-state index is 0.0127. The molecule has 1 aliphatic carbocycles. The summed E-state index contributed by atoms with van der Waals surface area (Å²) in [7, 11) is 0. The van der Waals surface area contributed by atoms with E-state index in [0.717, 1.165) is 39.0 Å². The Morgan fingerprint density at radius 2 is 1.90 bits per heavy atom. The molecule has 0 saturated heterocycles. The van der Waals surface area contributed by atoms with Gasteiger partial charge in [-0.05, 0) is 56.9 Å². The van der Waals surface area contributed by atoms with E-state index in [1.165, 1.54) is 37.1 Å². The van der Waals surface area contributed by atoms with Crippen LogP contribution in [-0.4, -0.2) is 22.5 Å². The van der Waals surface area contributed by atoms with Crippen LogP contribution in [0.3, 0.4) is 0 Å². The summed E-state index contributed by atoms with van der Waals surface area (Å²) in [5, 5.41) is 12.1. The molecule has 0 bridgehead atoms. The van der Waals surface area contributed by atoms with Gasteiger partial charge in [0.25, 0.3) is 5.91 Å². The Morgan fingerprint density at radius 1 is 1.13 bits per heavy atom. The van der Waals surface area contributed by atoms with E-state index in [-0.39, 0.29) is 5.91 Å². The number of rotatable bonds is 3. The van der Waals surface area contributed by atoms with Gasteiger partial charge in [0, 0.05) is 23.6 Å². The molecule has 0 spiro atoms. The van der Waals surface area contributed by atoms with Crippen molar-refractivity contribution in [2.24, 2.45) is 0 Å². The van der Waals surface area contributed by atoms with Gasteiger partial charge in [-0.3, -0.25) is 4.79 Å². The maximum Gasteiger partial charge on any atom is 0.258 e. The number of carbonyl (C=O) groups is 1. The second kappa shape index (κ2) is 7.47. The molecule has 1 aliphatic heterocycles. The molecule has 1 fully saturated rings. The molecule has 1 amide bonds. The minimum atomic E-state index is -1.06. The predicted octanol–water partition coefficient (Wildman–Crippen LogP) is 5.77. The lowest BCUT2D eigenvalue weighted by molar-refractivity contribution is 0.0789. The van der Waals surface area contributed by atoms with Crippen LogP contribution in [0.15, 0.2) is 36.4 Å². The Kier molecular flexibility index (Phi) is 4.91. The van der Waals surface area contributed by atoms with Crippen molar-refractivity contribution in [2.45, 2.75) is 63.9 Å². The number of amides is 1. The molecule has 0 radical (unpaired) electrons. The number of benzene rings is 2. The van der Waals surface area contributed by atoms with Crippen molar-refractivity contribution in [1.29, 1.82) is 0 Å². The summed E-state index contributed by atoms with van der Waals surface area (Å²) in [5.74, 6) is 0.562. The van der Waals surface area contributed by atoms with E-state index in [1.807, 2.05) is 35.2 Å².